The highest BCUT2D eigenvalue weighted by atomic mass is 16.4. The molecule has 0 saturated carbocycles. The fourth-order valence-corrected chi connectivity index (χ4v) is 1.45. The molecule has 0 rings (SSSR count). The quantitative estimate of drug-likeness (QED) is 0.318. The van der Waals surface area contributed by atoms with Crippen molar-refractivity contribution >= 4 is 11.9 Å². The van der Waals surface area contributed by atoms with Gasteiger partial charge in [0.2, 0.25) is 0 Å². The molecule has 0 radical (unpaired) electrons. The Morgan fingerprint density at radius 2 is 1.69 bits per heavy atom. The van der Waals surface area contributed by atoms with Crippen LogP contribution < -0.4 is 5.73 Å². The Morgan fingerprint density at radius 3 is 2.19 bits per heavy atom. The summed E-state index contributed by atoms with van der Waals surface area (Å²) in [7, 11) is 1.81. The van der Waals surface area contributed by atoms with E-state index in [2.05, 4.69) is 0 Å². The van der Waals surface area contributed by atoms with E-state index in [1.165, 1.54) is 0 Å². The van der Waals surface area contributed by atoms with Crippen molar-refractivity contribution in [1.82, 2.24) is 4.90 Å². The van der Waals surface area contributed by atoms with Crippen molar-refractivity contribution < 1.29 is 9.90 Å². The van der Waals surface area contributed by atoms with Gasteiger partial charge in [0.1, 0.15) is 0 Å². The first-order chi connectivity index (χ1) is 7.54. The van der Waals surface area contributed by atoms with Crippen molar-refractivity contribution in [2.45, 2.75) is 44.9 Å². The second-order valence-electron chi connectivity index (χ2n) is 4.07. The van der Waals surface area contributed by atoms with E-state index >= 15 is 0 Å². The molecule has 94 valence electrons. The summed E-state index contributed by atoms with van der Waals surface area (Å²) in [5, 5.41) is 15.6. The highest BCUT2D eigenvalue weighted by Gasteiger charge is 1.99. The molecule has 0 fully saturated rings. The second kappa shape index (κ2) is 9.00. The van der Waals surface area contributed by atoms with Crippen molar-refractivity contribution in [1.29, 1.82) is 5.41 Å². The topological polar surface area (TPSA) is 90.4 Å². The molecule has 0 aliphatic rings. The van der Waals surface area contributed by atoms with E-state index in [-0.39, 0.29) is 12.4 Å². The van der Waals surface area contributed by atoms with Crippen LogP contribution in [0.2, 0.25) is 0 Å². The lowest BCUT2D eigenvalue weighted by molar-refractivity contribution is -0.137. The first-order valence-electron chi connectivity index (χ1n) is 5.81. The zero-order valence-electron chi connectivity index (χ0n) is 10.0. The SMILES string of the molecule is CN(CCCCCCCCC(=O)O)C(=N)N. The van der Waals surface area contributed by atoms with Gasteiger partial charge in [0, 0.05) is 20.0 Å². The van der Waals surface area contributed by atoms with Gasteiger partial charge in [0.05, 0.1) is 0 Å². The molecule has 0 heterocycles. The van der Waals surface area contributed by atoms with Gasteiger partial charge in [-0.3, -0.25) is 10.2 Å². The van der Waals surface area contributed by atoms with E-state index < -0.39 is 5.97 Å². The zero-order valence-corrected chi connectivity index (χ0v) is 10.0. The van der Waals surface area contributed by atoms with Crippen LogP contribution in [0.15, 0.2) is 0 Å². The number of carboxylic acids is 1. The van der Waals surface area contributed by atoms with Gasteiger partial charge in [-0.05, 0) is 12.8 Å². The minimum atomic E-state index is -0.705. The van der Waals surface area contributed by atoms with Gasteiger partial charge in [-0.1, -0.05) is 25.7 Å². The van der Waals surface area contributed by atoms with Crippen molar-refractivity contribution in [3.63, 3.8) is 0 Å². The number of aliphatic carboxylic acids is 1. The van der Waals surface area contributed by atoms with Gasteiger partial charge < -0.3 is 15.7 Å². The minimum Gasteiger partial charge on any atom is -0.481 e. The standard InChI is InChI=1S/C11H23N3O2/c1-14(11(12)13)9-7-5-3-2-4-6-8-10(15)16/h2-9H2,1H3,(H3,12,13)(H,15,16). The molecular formula is C11H23N3O2. The molecule has 0 spiro atoms. The third-order valence-electron chi connectivity index (χ3n) is 2.55. The average molecular weight is 229 g/mol. The van der Waals surface area contributed by atoms with Crippen LogP contribution in [0.3, 0.4) is 0 Å². The lowest BCUT2D eigenvalue weighted by Gasteiger charge is -2.15. The Labute approximate surface area is 97.1 Å². The maximum atomic E-state index is 10.2. The van der Waals surface area contributed by atoms with Gasteiger partial charge in [-0.2, -0.15) is 0 Å². The molecule has 0 aromatic heterocycles. The van der Waals surface area contributed by atoms with E-state index in [0.29, 0.717) is 0 Å². The summed E-state index contributed by atoms with van der Waals surface area (Å²) in [6, 6.07) is 0. The number of hydrogen-bond acceptors (Lipinski definition) is 2. The third-order valence-corrected chi connectivity index (χ3v) is 2.55. The van der Waals surface area contributed by atoms with Crippen LogP contribution in [0.5, 0.6) is 0 Å². The molecule has 0 saturated heterocycles. The van der Waals surface area contributed by atoms with Gasteiger partial charge in [-0.25, -0.2) is 0 Å². The highest BCUT2D eigenvalue weighted by molar-refractivity contribution is 5.74. The summed E-state index contributed by atoms with van der Waals surface area (Å²) in [4.78, 5) is 12.0. The zero-order chi connectivity index (χ0) is 12.4. The summed E-state index contributed by atoms with van der Waals surface area (Å²) in [6.45, 7) is 0.824. The molecule has 5 heteroatoms. The number of hydrogen-bond donors (Lipinski definition) is 3. The van der Waals surface area contributed by atoms with Crippen LogP contribution in [0, 0.1) is 5.41 Å². The molecule has 0 aliphatic heterocycles. The fourth-order valence-electron chi connectivity index (χ4n) is 1.45. The van der Waals surface area contributed by atoms with Crippen LogP contribution in [-0.4, -0.2) is 35.5 Å². The first kappa shape index (κ1) is 14.7. The average Bonchev–Trinajstić information content (AvgIpc) is 2.21. The van der Waals surface area contributed by atoms with E-state index in [1.807, 2.05) is 7.05 Å². The Bertz CT molecular complexity index is 219. The molecule has 0 atom stereocenters. The maximum Gasteiger partial charge on any atom is 0.303 e. The normalized spacial score (nSPS) is 10.1. The van der Waals surface area contributed by atoms with Crippen molar-refractivity contribution in [2.75, 3.05) is 13.6 Å². The Morgan fingerprint density at radius 1 is 1.19 bits per heavy atom. The van der Waals surface area contributed by atoms with Gasteiger partial charge in [0.25, 0.3) is 0 Å². The molecule has 0 aromatic carbocycles. The molecule has 0 bridgehead atoms. The molecule has 0 aliphatic carbocycles. The number of guanidine groups is 1. The van der Waals surface area contributed by atoms with E-state index in [1.54, 1.807) is 4.90 Å². The second-order valence-corrected chi connectivity index (χ2v) is 4.07. The van der Waals surface area contributed by atoms with Crippen molar-refractivity contribution in [3.05, 3.63) is 0 Å². The van der Waals surface area contributed by atoms with Gasteiger partial charge in [0.15, 0.2) is 5.96 Å². The summed E-state index contributed by atoms with van der Waals surface area (Å²) >= 11 is 0. The van der Waals surface area contributed by atoms with E-state index in [4.69, 9.17) is 16.2 Å². The Balaban J connectivity index is 3.15. The maximum absolute atomic E-state index is 10.2. The fraction of sp³-hybridized carbons (Fsp3) is 0.818. The molecule has 0 unspecified atom stereocenters. The molecular weight excluding hydrogens is 206 g/mol. The smallest absolute Gasteiger partial charge is 0.303 e. The van der Waals surface area contributed by atoms with Crippen molar-refractivity contribution in [2.24, 2.45) is 5.73 Å². The highest BCUT2D eigenvalue weighted by Crippen LogP contribution is 2.07. The molecule has 5 nitrogen and oxygen atoms in total. The number of nitrogens with zero attached hydrogens (tertiary/aromatic N) is 1. The predicted octanol–water partition coefficient (Wildman–Crippen LogP) is 1.63. The number of nitrogens with two attached hydrogens (primary N) is 1. The van der Waals surface area contributed by atoms with E-state index in [0.717, 1.165) is 45.1 Å². The van der Waals surface area contributed by atoms with Crippen molar-refractivity contribution in [3.8, 4) is 0 Å². The number of carbonyl (C=O) groups is 1. The summed E-state index contributed by atoms with van der Waals surface area (Å²) in [5.41, 5.74) is 5.30. The predicted molar refractivity (Wildman–Crippen MR) is 64.5 cm³/mol. The van der Waals surface area contributed by atoms with Crippen LogP contribution in [0.1, 0.15) is 44.9 Å². The number of carboxylic acid groups (broad SMARTS) is 1. The summed E-state index contributed by atoms with van der Waals surface area (Å²) in [5.74, 6) is -0.593. The third kappa shape index (κ3) is 9.30. The monoisotopic (exact) mass is 229 g/mol. The molecule has 4 N–H and O–H groups in total. The summed E-state index contributed by atoms with van der Waals surface area (Å²) in [6.07, 6.45) is 6.44. The Kier molecular flexibility index (Phi) is 8.29. The van der Waals surface area contributed by atoms with E-state index in [9.17, 15) is 4.79 Å². The van der Waals surface area contributed by atoms with Crippen LogP contribution >= 0.6 is 0 Å². The first-order valence-corrected chi connectivity index (χ1v) is 5.81. The number of unbranched alkanes of at least 4 members (excludes halogenated alkanes) is 5. The van der Waals surface area contributed by atoms with Gasteiger partial charge in [-0.15, -0.1) is 0 Å². The van der Waals surface area contributed by atoms with Crippen LogP contribution in [-0.2, 0) is 4.79 Å². The Hall–Kier alpha value is -1.26. The lowest BCUT2D eigenvalue weighted by Crippen LogP contribution is -2.33. The largest absolute Gasteiger partial charge is 0.481 e. The molecule has 16 heavy (non-hydrogen) atoms. The number of rotatable bonds is 9. The molecule has 0 amide bonds. The minimum absolute atomic E-state index is 0.112. The lowest BCUT2D eigenvalue weighted by atomic mass is 10.1. The summed E-state index contributed by atoms with van der Waals surface area (Å²) < 4.78 is 0. The van der Waals surface area contributed by atoms with Crippen LogP contribution in [0.25, 0.3) is 0 Å². The van der Waals surface area contributed by atoms with Crippen LogP contribution in [0.4, 0.5) is 0 Å². The van der Waals surface area contributed by atoms with Gasteiger partial charge >= 0.3 is 5.97 Å². The number of nitrogens with one attached hydrogen (secondary N) is 1. The molecule has 0 aromatic rings.